The van der Waals surface area contributed by atoms with Gasteiger partial charge in [0.15, 0.2) is 0 Å². The van der Waals surface area contributed by atoms with Crippen LogP contribution in [0.2, 0.25) is 0 Å². The van der Waals surface area contributed by atoms with Gasteiger partial charge in [-0.15, -0.1) is 11.3 Å². The zero-order valence-corrected chi connectivity index (χ0v) is 16.4. The number of thiophene rings is 1. The smallest absolute Gasteiger partial charge is 0.252 e. The average molecular weight is 386 g/mol. The zero-order valence-electron chi connectivity index (χ0n) is 14.8. The molecule has 1 aromatic rings. The Labute approximate surface area is 154 Å². The maximum absolute atomic E-state index is 12.8. The second kappa shape index (κ2) is 7.34. The fourth-order valence-corrected chi connectivity index (χ4v) is 6.95. The SMILES string of the molecule is CCC[C@H](N)C(=O)N(C)[C@H]1CC[C@@H]2CN(S(=O)(=O)c3cccs3)C[C@@H]21. The molecule has 1 saturated carbocycles. The van der Waals surface area contributed by atoms with E-state index in [9.17, 15) is 13.2 Å². The summed E-state index contributed by atoms with van der Waals surface area (Å²) in [5.74, 6) is 0.516. The van der Waals surface area contributed by atoms with Crippen molar-refractivity contribution in [1.29, 1.82) is 0 Å². The van der Waals surface area contributed by atoms with Crippen molar-refractivity contribution < 1.29 is 13.2 Å². The molecule has 1 amide bonds. The molecule has 1 aliphatic carbocycles. The Morgan fingerprint density at radius 1 is 1.44 bits per heavy atom. The molecule has 0 radical (unpaired) electrons. The minimum Gasteiger partial charge on any atom is -0.341 e. The summed E-state index contributed by atoms with van der Waals surface area (Å²) in [6.07, 6.45) is 3.46. The number of sulfonamides is 1. The lowest BCUT2D eigenvalue weighted by Gasteiger charge is -2.31. The van der Waals surface area contributed by atoms with E-state index in [0.29, 0.717) is 29.6 Å². The van der Waals surface area contributed by atoms with E-state index in [2.05, 4.69) is 0 Å². The Morgan fingerprint density at radius 3 is 2.84 bits per heavy atom. The molecule has 6 nitrogen and oxygen atoms in total. The Morgan fingerprint density at radius 2 is 2.20 bits per heavy atom. The first-order valence-electron chi connectivity index (χ1n) is 8.92. The average Bonchev–Trinajstić information content (AvgIpc) is 3.29. The van der Waals surface area contributed by atoms with Crippen molar-refractivity contribution in [3.05, 3.63) is 17.5 Å². The first-order chi connectivity index (χ1) is 11.9. The molecule has 2 N–H and O–H groups in total. The van der Waals surface area contributed by atoms with Gasteiger partial charge in [0, 0.05) is 26.2 Å². The third kappa shape index (κ3) is 3.49. The van der Waals surface area contributed by atoms with Crippen molar-refractivity contribution in [2.45, 2.75) is 48.9 Å². The first kappa shape index (κ1) is 18.8. The van der Waals surface area contributed by atoms with E-state index in [1.807, 2.05) is 14.0 Å². The maximum Gasteiger partial charge on any atom is 0.252 e. The van der Waals surface area contributed by atoms with Crippen LogP contribution in [0, 0.1) is 11.8 Å². The molecule has 3 rings (SSSR count). The largest absolute Gasteiger partial charge is 0.341 e. The maximum atomic E-state index is 12.8. The minimum atomic E-state index is -3.41. The van der Waals surface area contributed by atoms with Crippen molar-refractivity contribution in [3.8, 4) is 0 Å². The van der Waals surface area contributed by atoms with Gasteiger partial charge in [-0.25, -0.2) is 8.42 Å². The number of likely N-dealkylation sites (N-methyl/N-ethyl adjacent to an activating group) is 1. The second-order valence-electron chi connectivity index (χ2n) is 7.17. The Balaban J connectivity index is 1.71. The van der Waals surface area contributed by atoms with Crippen LogP contribution < -0.4 is 5.73 Å². The van der Waals surface area contributed by atoms with E-state index < -0.39 is 16.1 Å². The van der Waals surface area contributed by atoms with E-state index in [1.165, 1.54) is 11.3 Å². The van der Waals surface area contributed by atoms with Gasteiger partial charge in [-0.1, -0.05) is 19.4 Å². The fourth-order valence-electron chi connectivity index (χ4n) is 4.27. The zero-order chi connectivity index (χ0) is 18.2. The molecule has 2 aliphatic rings. The van der Waals surface area contributed by atoms with Crippen LogP contribution in [0.15, 0.2) is 21.7 Å². The Bertz CT molecular complexity index is 705. The number of nitrogens with two attached hydrogens (primary N) is 1. The van der Waals surface area contributed by atoms with Crippen molar-refractivity contribution >= 4 is 27.3 Å². The number of carbonyl (C=O) groups excluding carboxylic acids is 1. The lowest BCUT2D eigenvalue weighted by molar-refractivity contribution is -0.134. The highest BCUT2D eigenvalue weighted by Gasteiger charge is 2.48. The van der Waals surface area contributed by atoms with Gasteiger partial charge in [0.25, 0.3) is 10.0 Å². The van der Waals surface area contributed by atoms with Gasteiger partial charge < -0.3 is 10.6 Å². The minimum absolute atomic E-state index is 0.0212. The lowest BCUT2D eigenvalue weighted by Crippen LogP contribution is -2.48. The molecular weight excluding hydrogens is 358 g/mol. The highest BCUT2D eigenvalue weighted by Crippen LogP contribution is 2.42. The van der Waals surface area contributed by atoms with Crippen molar-refractivity contribution in [1.82, 2.24) is 9.21 Å². The van der Waals surface area contributed by atoms with Crippen molar-refractivity contribution in [2.24, 2.45) is 17.6 Å². The van der Waals surface area contributed by atoms with Crippen LogP contribution in [-0.2, 0) is 14.8 Å². The van der Waals surface area contributed by atoms with Crippen LogP contribution in [0.25, 0.3) is 0 Å². The summed E-state index contributed by atoms with van der Waals surface area (Å²) in [5, 5.41) is 1.79. The number of amides is 1. The molecule has 0 spiro atoms. The number of rotatable bonds is 6. The summed E-state index contributed by atoms with van der Waals surface area (Å²) < 4.78 is 27.5. The van der Waals surface area contributed by atoms with Crippen molar-refractivity contribution in [3.63, 3.8) is 0 Å². The van der Waals surface area contributed by atoms with Gasteiger partial charge in [0.2, 0.25) is 5.91 Å². The van der Waals surface area contributed by atoms with Gasteiger partial charge in [0.1, 0.15) is 4.21 Å². The van der Waals surface area contributed by atoms with Crippen LogP contribution in [0.5, 0.6) is 0 Å². The second-order valence-corrected chi connectivity index (χ2v) is 10.3. The fraction of sp³-hybridized carbons (Fsp3) is 0.706. The number of hydrogen-bond acceptors (Lipinski definition) is 5. The summed E-state index contributed by atoms with van der Waals surface area (Å²) in [4.78, 5) is 14.3. The molecule has 1 aromatic heterocycles. The van der Waals surface area contributed by atoms with Crippen LogP contribution in [0.4, 0.5) is 0 Å². The molecule has 2 fully saturated rings. The Hall–Kier alpha value is -0.960. The molecule has 1 saturated heterocycles. The monoisotopic (exact) mass is 385 g/mol. The van der Waals surface area contributed by atoms with Crippen LogP contribution in [0.3, 0.4) is 0 Å². The molecule has 25 heavy (non-hydrogen) atoms. The van der Waals surface area contributed by atoms with Crippen LogP contribution in [-0.4, -0.2) is 55.8 Å². The summed E-state index contributed by atoms with van der Waals surface area (Å²) in [6, 6.07) is 3.05. The third-order valence-electron chi connectivity index (χ3n) is 5.64. The van der Waals surface area contributed by atoms with E-state index in [-0.39, 0.29) is 17.9 Å². The number of hydrogen-bond donors (Lipinski definition) is 1. The highest BCUT2D eigenvalue weighted by atomic mass is 32.2. The summed E-state index contributed by atoms with van der Waals surface area (Å²) in [6.45, 7) is 3.07. The van der Waals surface area contributed by atoms with Crippen molar-refractivity contribution in [2.75, 3.05) is 20.1 Å². The number of carbonyl (C=O) groups is 1. The Kier molecular flexibility index (Phi) is 5.53. The first-order valence-corrected chi connectivity index (χ1v) is 11.2. The molecular formula is C17H27N3O3S2. The normalized spacial score (nSPS) is 28.0. The predicted octanol–water partition coefficient (Wildman–Crippen LogP) is 1.73. The van der Waals surface area contributed by atoms with E-state index in [4.69, 9.17) is 5.73 Å². The van der Waals surface area contributed by atoms with E-state index in [1.54, 1.807) is 26.7 Å². The quantitative estimate of drug-likeness (QED) is 0.808. The van der Waals surface area contributed by atoms with E-state index in [0.717, 1.165) is 19.3 Å². The van der Waals surface area contributed by atoms with Gasteiger partial charge in [-0.2, -0.15) is 4.31 Å². The molecule has 140 valence electrons. The van der Waals surface area contributed by atoms with Gasteiger partial charge in [-0.05, 0) is 42.5 Å². The number of nitrogens with zero attached hydrogens (tertiary/aromatic N) is 2. The van der Waals surface area contributed by atoms with Crippen LogP contribution in [0.1, 0.15) is 32.6 Å². The predicted molar refractivity (Wildman–Crippen MR) is 98.7 cm³/mol. The lowest BCUT2D eigenvalue weighted by atomic mass is 9.96. The van der Waals surface area contributed by atoms with Gasteiger partial charge in [0.05, 0.1) is 6.04 Å². The molecule has 0 unspecified atom stereocenters. The topological polar surface area (TPSA) is 83.7 Å². The summed E-state index contributed by atoms with van der Waals surface area (Å²) in [7, 11) is -1.59. The molecule has 4 atom stereocenters. The molecule has 8 heteroatoms. The summed E-state index contributed by atoms with van der Waals surface area (Å²) >= 11 is 1.26. The summed E-state index contributed by atoms with van der Waals surface area (Å²) in [5.41, 5.74) is 6.00. The molecule has 0 aromatic carbocycles. The molecule has 2 heterocycles. The highest BCUT2D eigenvalue weighted by molar-refractivity contribution is 7.91. The van der Waals surface area contributed by atoms with Gasteiger partial charge >= 0.3 is 0 Å². The van der Waals surface area contributed by atoms with Crippen LogP contribution >= 0.6 is 11.3 Å². The molecule has 1 aliphatic heterocycles. The number of fused-ring (bicyclic) bond motifs is 1. The standard InChI is InChI=1S/C17H27N3O3S2/c1-3-5-14(18)17(21)19(2)15-8-7-12-10-20(11-13(12)15)25(22,23)16-6-4-9-24-16/h4,6,9,12-15H,3,5,7-8,10-11,18H2,1-2H3/t12-,13+,14+,15+/m1/s1. The van der Waals surface area contributed by atoms with E-state index >= 15 is 0 Å². The third-order valence-corrected chi connectivity index (χ3v) is 8.84. The van der Waals surface area contributed by atoms with Gasteiger partial charge in [-0.3, -0.25) is 4.79 Å². The molecule has 0 bridgehead atoms.